The average molecular weight is 444 g/mol. The molecular formula is C19H14ClF4N3O3. The minimum Gasteiger partial charge on any atom is -0.323 e. The first-order valence-electron chi connectivity index (χ1n) is 8.48. The summed E-state index contributed by atoms with van der Waals surface area (Å²) in [5.41, 5.74) is -2.57. The lowest BCUT2D eigenvalue weighted by molar-refractivity contribution is -0.137. The number of rotatable bonds is 4. The van der Waals surface area contributed by atoms with E-state index in [1.165, 1.54) is 19.1 Å². The lowest BCUT2D eigenvalue weighted by Gasteiger charge is -2.22. The zero-order chi connectivity index (χ0) is 22.3. The molecule has 4 amide bonds. The second kappa shape index (κ2) is 7.60. The molecule has 0 spiro atoms. The number of halogens is 5. The maximum absolute atomic E-state index is 13.1. The Labute approximate surface area is 172 Å². The Bertz CT molecular complexity index is 1030. The van der Waals surface area contributed by atoms with Crippen molar-refractivity contribution in [2.45, 2.75) is 18.6 Å². The third-order valence-corrected chi connectivity index (χ3v) is 4.90. The average Bonchev–Trinajstić information content (AvgIpc) is 2.87. The van der Waals surface area contributed by atoms with Crippen LogP contribution in [0.2, 0.25) is 5.02 Å². The molecule has 30 heavy (non-hydrogen) atoms. The predicted molar refractivity (Wildman–Crippen MR) is 99.1 cm³/mol. The van der Waals surface area contributed by atoms with Crippen LogP contribution in [0, 0.1) is 5.82 Å². The van der Waals surface area contributed by atoms with E-state index in [4.69, 9.17) is 11.6 Å². The Balaban J connectivity index is 1.77. The van der Waals surface area contributed by atoms with Gasteiger partial charge in [0.2, 0.25) is 5.91 Å². The number of hydrogen-bond donors (Lipinski definition) is 2. The van der Waals surface area contributed by atoms with Gasteiger partial charge in [0.05, 0.1) is 16.3 Å². The second-order valence-electron chi connectivity index (χ2n) is 6.69. The summed E-state index contributed by atoms with van der Waals surface area (Å²) in [5, 5.41) is 4.46. The molecule has 1 unspecified atom stereocenters. The molecule has 0 saturated carbocycles. The van der Waals surface area contributed by atoms with Crippen molar-refractivity contribution in [3.05, 3.63) is 64.4 Å². The van der Waals surface area contributed by atoms with E-state index in [0.717, 1.165) is 24.3 Å². The van der Waals surface area contributed by atoms with Crippen molar-refractivity contribution in [2.24, 2.45) is 0 Å². The van der Waals surface area contributed by atoms with Gasteiger partial charge in [0, 0.05) is 0 Å². The molecule has 0 bridgehead atoms. The van der Waals surface area contributed by atoms with Crippen LogP contribution in [0.3, 0.4) is 0 Å². The molecule has 1 aliphatic heterocycles. The molecule has 1 atom stereocenters. The highest BCUT2D eigenvalue weighted by Crippen LogP contribution is 2.34. The lowest BCUT2D eigenvalue weighted by atomic mass is 9.92. The van der Waals surface area contributed by atoms with E-state index >= 15 is 0 Å². The van der Waals surface area contributed by atoms with Crippen LogP contribution in [-0.2, 0) is 21.3 Å². The van der Waals surface area contributed by atoms with E-state index < -0.39 is 47.5 Å². The predicted octanol–water partition coefficient (Wildman–Crippen LogP) is 3.90. The number of anilines is 1. The van der Waals surface area contributed by atoms with Crippen molar-refractivity contribution in [3.8, 4) is 0 Å². The molecule has 1 aliphatic rings. The third-order valence-electron chi connectivity index (χ3n) is 4.57. The van der Waals surface area contributed by atoms with Crippen LogP contribution in [0.15, 0.2) is 42.5 Å². The van der Waals surface area contributed by atoms with Gasteiger partial charge in [0.25, 0.3) is 5.91 Å². The maximum atomic E-state index is 13.1. The topological polar surface area (TPSA) is 78.5 Å². The molecule has 2 aromatic carbocycles. The summed E-state index contributed by atoms with van der Waals surface area (Å²) in [4.78, 5) is 37.9. The molecule has 1 saturated heterocycles. The van der Waals surface area contributed by atoms with Gasteiger partial charge < -0.3 is 10.6 Å². The van der Waals surface area contributed by atoms with Gasteiger partial charge in [-0.15, -0.1) is 0 Å². The molecule has 11 heteroatoms. The van der Waals surface area contributed by atoms with Gasteiger partial charge in [-0.05, 0) is 42.8 Å². The Morgan fingerprint density at radius 3 is 2.40 bits per heavy atom. The molecular weight excluding hydrogens is 430 g/mol. The molecule has 0 aromatic heterocycles. The highest BCUT2D eigenvalue weighted by atomic mass is 35.5. The van der Waals surface area contributed by atoms with E-state index in [2.05, 4.69) is 10.6 Å². The molecule has 2 aromatic rings. The van der Waals surface area contributed by atoms with E-state index in [0.29, 0.717) is 16.5 Å². The van der Waals surface area contributed by atoms with Crippen LogP contribution in [0.4, 0.5) is 28.0 Å². The first-order valence-corrected chi connectivity index (χ1v) is 8.86. The third kappa shape index (κ3) is 4.09. The second-order valence-corrected chi connectivity index (χ2v) is 7.10. The van der Waals surface area contributed by atoms with Crippen molar-refractivity contribution in [3.63, 3.8) is 0 Å². The zero-order valence-electron chi connectivity index (χ0n) is 15.3. The highest BCUT2D eigenvalue weighted by Gasteiger charge is 2.49. The summed E-state index contributed by atoms with van der Waals surface area (Å²) >= 11 is 5.83. The smallest absolute Gasteiger partial charge is 0.323 e. The maximum Gasteiger partial charge on any atom is 0.416 e. The first-order chi connectivity index (χ1) is 13.9. The van der Waals surface area contributed by atoms with Crippen LogP contribution in [0.5, 0.6) is 0 Å². The van der Waals surface area contributed by atoms with Crippen LogP contribution in [0.25, 0.3) is 0 Å². The van der Waals surface area contributed by atoms with Gasteiger partial charge in [-0.25, -0.2) is 9.18 Å². The van der Waals surface area contributed by atoms with Gasteiger partial charge in [-0.2, -0.15) is 13.2 Å². The first kappa shape index (κ1) is 21.6. The van der Waals surface area contributed by atoms with Crippen LogP contribution >= 0.6 is 11.6 Å². The Kier molecular flexibility index (Phi) is 5.46. The fraction of sp³-hybridized carbons (Fsp3) is 0.211. The number of imide groups is 1. The van der Waals surface area contributed by atoms with Gasteiger partial charge in [0.1, 0.15) is 17.9 Å². The summed E-state index contributed by atoms with van der Waals surface area (Å²) in [6.07, 6.45) is -4.65. The number of carbonyl (C=O) groups excluding carboxylic acids is 3. The minimum atomic E-state index is -4.65. The van der Waals surface area contributed by atoms with E-state index in [1.54, 1.807) is 0 Å². The Morgan fingerprint density at radius 1 is 1.17 bits per heavy atom. The summed E-state index contributed by atoms with van der Waals surface area (Å²) in [7, 11) is 0. The number of alkyl halides is 3. The molecule has 6 nitrogen and oxygen atoms in total. The number of nitrogens with zero attached hydrogens (tertiary/aromatic N) is 1. The number of urea groups is 1. The summed E-state index contributed by atoms with van der Waals surface area (Å²) in [6, 6.07) is 6.37. The van der Waals surface area contributed by atoms with Crippen LogP contribution in [-0.4, -0.2) is 29.3 Å². The van der Waals surface area contributed by atoms with E-state index in [1.807, 2.05) is 0 Å². The minimum absolute atomic E-state index is 0.148. The highest BCUT2D eigenvalue weighted by molar-refractivity contribution is 6.33. The van der Waals surface area contributed by atoms with Gasteiger partial charge in [-0.3, -0.25) is 14.5 Å². The molecule has 158 valence electrons. The quantitative estimate of drug-likeness (QED) is 0.555. The zero-order valence-corrected chi connectivity index (χ0v) is 16.1. The van der Waals surface area contributed by atoms with Crippen LogP contribution < -0.4 is 10.6 Å². The van der Waals surface area contributed by atoms with Gasteiger partial charge in [0.15, 0.2) is 0 Å². The van der Waals surface area contributed by atoms with Gasteiger partial charge >= 0.3 is 12.2 Å². The van der Waals surface area contributed by atoms with Crippen molar-refractivity contribution < 1.29 is 31.9 Å². The van der Waals surface area contributed by atoms with Gasteiger partial charge in [-0.1, -0.05) is 23.7 Å². The SMILES string of the molecule is CC1(c2ccc(F)cc2)NC(=O)N(CC(=O)Nc2cc(C(F)(F)F)ccc2Cl)C1=O. The number of benzene rings is 2. The molecule has 1 heterocycles. The molecule has 2 N–H and O–H groups in total. The fourth-order valence-corrected chi connectivity index (χ4v) is 3.11. The normalized spacial score (nSPS) is 19.1. The van der Waals surface area contributed by atoms with Crippen molar-refractivity contribution in [1.29, 1.82) is 0 Å². The molecule has 1 fully saturated rings. The largest absolute Gasteiger partial charge is 0.416 e. The number of hydrogen-bond acceptors (Lipinski definition) is 3. The number of carbonyl (C=O) groups is 3. The van der Waals surface area contributed by atoms with E-state index in [-0.39, 0.29) is 10.7 Å². The van der Waals surface area contributed by atoms with E-state index in [9.17, 15) is 31.9 Å². The fourth-order valence-electron chi connectivity index (χ4n) is 2.95. The summed E-state index contributed by atoms with van der Waals surface area (Å²) in [6.45, 7) is 0.635. The number of nitrogens with one attached hydrogen (secondary N) is 2. The monoisotopic (exact) mass is 443 g/mol. The standard InChI is InChI=1S/C19H14ClF4N3O3/c1-18(10-2-5-12(21)6-3-10)16(29)27(17(30)26-18)9-15(28)25-14-8-11(19(22,23)24)4-7-13(14)20/h2-8H,9H2,1H3,(H,25,28)(H,26,30). The lowest BCUT2D eigenvalue weighted by Crippen LogP contribution is -2.42. The Hall–Kier alpha value is -3.14. The molecule has 0 aliphatic carbocycles. The van der Waals surface area contributed by atoms with Crippen molar-refractivity contribution >= 4 is 35.1 Å². The van der Waals surface area contributed by atoms with Crippen molar-refractivity contribution in [1.82, 2.24) is 10.2 Å². The van der Waals surface area contributed by atoms with Crippen LogP contribution in [0.1, 0.15) is 18.1 Å². The Morgan fingerprint density at radius 2 is 1.80 bits per heavy atom. The van der Waals surface area contributed by atoms with Crippen molar-refractivity contribution in [2.75, 3.05) is 11.9 Å². The molecule has 3 rings (SSSR count). The number of amides is 4. The summed E-state index contributed by atoms with van der Waals surface area (Å²) < 4.78 is 51.7. The summed E-state index contributed by atoms with van der Waals surface area (Å²) in [5.74, 6) is -2.24. The molecule has 0 radical (unpaired) electrons.